The van der Waals surface area contributed by atoms with E-state index >= 15 is 0 Å². The van der Waals surface area contributed by atoms with Crippen molar-refractivity contribution in [2.24, 2.45) is 0 Å². The van der Waals surface area contributed by atoms with Gasteiger partial charge in [0.15, 0.2) is 0 Å². The number of amides is 2. The van der Waals surface area contributed by atoms with Crippen LogP contribution in [0.2, 0.25) is 0 Å². The maximum Gasteiger partial charge on any atom is 0.324 e. The van der Waals surface area contributed by atoms with Crippen LogP contribution in [-0.4, -0.2) is 42.3 Å². The number of nitrogens with zero attached hydrogens (tertiary/aromatic N) is 2. The minimum atomic E-state index is -0.562. The lowest BCUT2D eigenvalue weighted by atomic mass is 10.0. The zero-order valence-electron chi connectivity index (χ0n) is 18.1. The van der Waals surface area contributed by atoms with E-state index < -0.39 is 12.0 Å². The molecule has 0 saturated carbocycles. The van der Waals surface area contributed by atoms with Gasteiger partial charge in [0.05, 0.1) is 17.5 Å². The summed E-state index contributed by atoms with van der Waals surface area (Å²) in [6.07, 6.45) is 4.30. The second-order valence-electron chi connectivity index (χ2n) is 7.91. The number of hydrogen-bond acceptors (Lipinski definition) is 4. The quantitative estimate of drug-likeness (QED) is 0.511. The Balaban J connectivity index is 1.50. The van der Waals surface area contributed by atoms with Gasteiger partial charge in [0.2, 0.25) is 5.95 Å². The Hall–Kier alpha value is -3.13. The molecule has 4 rings (SSSR count). The number of piperidine rings is 1. The number of anilines is 3. The number of aryl methyl sites for hydroxylation is 2. The van der Waals surface area contributed by atoms with Crippen LogP contribution in [0.25, 0.3) is 10.9 Å². The van der Waals surface area contributed by atoms with Gasteiger partial charge in [-0.25, -0.2) is 9.78 Å². The van der Waals surface area contributed by atoms with E-state index in [0.29, 0.717) is 17.8 Å². The third kappa shape index (κ3) is 4.49. The van der Waals surface area contributed by atoms with Crippen molar-refractivity contribution in [3.05, 3.63) is 47.5 Å². The van der Waals surface area contributed by atoms with Crippen molar-refractivity contribution in [3.8, 4) is 0 Å². The van der Waals surface area contributed by atoms with E-state index in [1.807, 2.05) is 36.9 Å². The predicted molar refractivity (Wildman–Crippen MR) is 121 cm³/mol. The Morgan fingerprint density at radius 2 is 2.06 bits per heavy atom. The van der Waals surface area contributed by atoms with Gasteiger partial charge in [-0.1, -0.05) is 18.6 Å². The first-order valence-electron chi connectivity index (χ1n) is 10.6. The number of rotatable bonds is 5. The molecule has 3 N–H and O–H groups in total. The summed E-state index contributed by atoms with van der Waals surface area (Å²) < 4.78 is 20.4. The van der Waals surface area contributed by atoms with Crippen LogP contribution in [0.1, 0.15) is 30.9 Å². The highest BCUT2D eigenvalue weighted by molar-refractivity contribution is 6.05. The van der Waals surface area contributed by atoms with Crippen molar-refractivity contribution in [2.45, 2.75) is 39.2 Å². The molecule has 2 aromatic heterocycles. The number of ether oxygens (including phenoxy) is 1. The Labute approximate surface area is 181 Å². The predicted octanol–water partition coefficient (Wildman–Crippen LogP) is 4.83. The maximum absolute atomic E-state index is 15.0. The van der Waals surface area contributed by atoms with Crippen molar-refractivity contribution in [2.75, 3.05) is 35.7 Å². The van der Waals surface area contributed by atoms with Gasteiger partial charge in [0.25, 0.3) is 0 Å². The van der Waals surface area contributed by atoms with Crippen LogP contribution in [0.5, 0.6) is 0 Å². The molecule has 31 heavy (non-hydrogen) atoms. The Morgan fingerprint density at radius 1 is 1.29 bits per heavy atom. The van der Waals surface area contributed by atoms with Gasteiger partial charge >= 0.3 is 6.03 Å². The monoisotopic (exact) mass is 425 g/mol. The highest BCUT2D eigenvalue weighted by Crippen LogP contribution is 2.30. The molecule has 0 unspecified atom stereocenters. The third-order valence-corrected chi connectivity index (χ3v) is 5.83. The second-order valence-corrected chi connectivity index (χ2v) is 7.91. The summed E-state index contributed by atoms with van der Waals surface area (Å²) in [6, 6.07) is 7.24. The van der Waals surface area contributed by atoms with Gasteiger partial charge in [-0.2, -0.15) is 4.39 Å². The lowest BCUT2D eigenvalue weighted by Gasteiger charge is -2.34. The van der Waals surface area contributed by atoms with Crippen LogP contribution in [-0.2, 0) is 11.2 Å². The van der Waals surface area contributed by atoms with Crippen LogP contribution in [0.15, 0.2) is 30.5 Å². The molecule has 1 saturated heterocycles. The molecule has 3 heterocycles. The molecule has 0 radical (unpaired) electrons. The fourth-order valence-electron chi connectivity index (χ4n) is 4.15. The summed E-state index contributed by atoms with van der Waals surface area (Å²) in [6.45, 7) is 5.40. The van der Waals surface area contributed by atoms with Crippen LogP contribution < -0.4 is 15.5 Å². The summed E-state index contributed by atoms with van der Waals surface area (Å²) >= 11 is 0. The van der Waals surface area contributed by atoms with E-state index in [9.17, 15) is 9.18 Å². The number of urea groups is 1. The largest absolute Gasteiger partial charge is 0.381 e. The fourth-order valence-corrected chi connectivity index (χ4v) is 4.15. The number of nitrogens with one attached hydrogen (secondary N) is 3. The number of carbonyl (C=O) groups is 1. The SMILES string of the molecule is CCc1cc(NC(=O)Nc2c[nH]c3ccc(C)cc23)nc(F)c1N1CCC(OC)CC1. The minimum absolute atomic E-state index is 0.193. The molecule has 1 fully saturated rings. The average molecular weight is 426 g/mol. The van der Waals surface area contributed by atoms with Crippen molar-refractivity contribution in [1.82, 2.24) is 9.97 Å². The summed E-state index contributed by atoms with van der Waals surface area (Å²) in [5.41, 5.74) is 4.03. The molecular formula is C23H28FN5O2. The second kappa shape index (κ2) is 8.93. The average Bonchev–Trinajstić information content (AvgIpc) is 3.15. The summed E-state index contributed by atoms with van der Waals surface area (Å²) in [4.78, 5) is 21.7. The van der Waals surface area contributed by atoms with Gasteiger partial charge in [-0.05, 0) is 49.9 Å². The Kier molecular flexibility index (Phi) is 6.08. The number of aromatic amines is 1. The number of benzene rings is 1. The number of aromatic nitrogens is 2. The smallest absolute Gasteiger partial charge is 0.324 e. The highest BCUT2D eigenvalue weighted by Gasteiger charge is 2.24. The van der Waals surface area contributed by atoms with Gasteiger partial charge in [-0.15, -0.1) is 0 Å². The van der Waals surface area contributed by atoms with Crippen molar-refractivity contribution in [3.63, 3.8) is 0 Å². The zero-order chi connectivity index (χ0) is 22.0. The molecule has 0 bridgehead atoms. The van der Waals surface area contributed by atoms with Crippen LogP contribution >= 0.6 is 0 Å². The van der Waals surface area contributed by atoms with E-state index in [4.69, 9.17) is 4.74 Å². The standard InChI is InChI=1S/C23H28FN5O2/c1-4-15-12-20(27-22(24)21(15)29-9-7-16(31-3)8-10-29)28-23(30)26-19-13-25-18-6-5-14(2)11-17(18)19/h5-6,11-13,16,25H,4,7-10H2,1-3H3,(H2,26,27,28,30). The summed E-state index contributed by atoms with van der Waals surface area (Å²) in [5.74, 6) is -0.369. The van der Waals surface area contributed by atoms with Gasteiger partial charge < -0.3 is 19.9 Å². The Bertz CT molecular complexity index is 1090. The third-order valence-electron chi connectivity index (χ3n) is 5.83. The van der Waals surface area contributed by atoms with E-state index in [0.717, 1.165) is 48.0 Å². The molecule has 1 aliphatic rings. The zero-order valence-corrected chi connectivity index (χ0v) is 18.1. The number of fused-ring (bicyclic) bond motifs is 1. The normalized spacial score (nSPS) is 14.8. The fraction of sp³-hybridized carbons (Fsp3) is 0.391. The van der Waals surface area contributed by atoms with Crippen molar-refractivity contribution >= 4 is 34.1 Å². The van der Waals surface area contributed by atoms with Crippen LogP contribution in [0.4, 0.5) is 26.4 Å². The summed E-state index contributed by atoms with van der Waals surface area (Å²) in [7, 11) is 1.71. The van der Waals surface area contributed by atoms with Gasteiger partial charge in [0.1, 0.15) is 5.82 Å². The number of hydrogen-bond donors (Lipinski definition) is 3. The molecule has 2 amide bonds. The highest BCUT2D eigenvalue weighted by atomic mass is 19.1. The van der Waals surface area contributed by atoms with Crippen molar-refractivity contribution in [1.29, 1.82) is 0 Å². The molecule has 0 aliphatic carbocycles. The lowest BCUT2D eigenvalue weighted by molar-refractivity contribution is 0.0817. The van der Waals surface area contributed by atoms with E-state index in [2.05, 4.69) is 20.6 Å². The number of H-pyrrole nitrogens is 1. The minimum Gasteiger partial charge on any atom is -0.381 e. The molecule has 1 aromatic carbocycles. The van der Waals surface area contributed by atoms with Crippen LogP contribution in [0, 0.1) is 12.9 Å². The number of pyridine rings is 1. The molecule has 8 heteroatoms. The molecule has 164 valence electrons. The molecule has 0 atom stereocenters. The first-order valence-corrected chi connectivity index (χ1v) is 10.6. The molecule has 7 nitrogen and oxygen atoms in total. The first-order chi connectivity index (χ1) is 15.0. The maximum atomic E-state index is 15.0. The molecule has 3 aromatic rings. The van der Waals surface area contributed by atoms with Crippen molar-refractivity contribution < 1.29 is 13.9 Å². The summed E-state index contributed by atoms with van der Waals surface area (Å²) in [5, 5.41) is 6.40. The topological polar surface area (TPSA) is 82.3 Å². The van der Waals surface area contributed by atoms with E-state index in [-0.39, 0.29) is 11.9 Å². The number of carbonyl (C=O) groups excluding carboxylic acids is 1. The van der Waals surface area contributed by atoms with Crippen LogP contribution in [0.3, 0.4) is 0 Å². The molecular weight excluding hydrogens is 397 g/mol. The van der Waals surface area contributed by atoms with Gasteiger partial charge in [0, 0.05) is 37.3 Å². The molecule has 0 spiro atoms. The molecule has 1 aliphatic heterocycles. The van der Waals surface area contributed by atoms with Gasteiger partial charge in [-0.3, -0.25) is 5.32 Å². The number of halogens is 1. The van der Waals surface area contributed by atoms with E-state index in [1.54, 1.807) is 19.4 Å². The Morgan fingerprint density at radius 3 is 2.77 bits per heavy atom. The first kappa shape index (κ1) is 21.1. The number of methoxy groups -OCH3 is 1. The lowest BCUT2D eigenvalue weighted by Crippen LogP contribution is -2.38. The van der Waals surface area contributed by atoms with E-state index in [1.165, 1.54) is 0 Å².